The van der Waals surface area contributed by atoms with Gasteiger partial charge in [0, 0.05) is 38.6 Å². The molecular formula is C20H22ClN5O2S. The van der Waals surface area contributed by atoms with Crippen LogP contribution in [0.2, 0.25) is 5.02 Å². The molecule has 0 unspecified atom stereocenters. The first kappa shape index (κ1) is 20.2. The molecule has 1 aliphatic heterocycles. The smallest absolute Gasteiger partial charge is 0.280 e. The van der Waals surface area contributed by atoms with E-state index in [1.54, 1.807) is 11.1 Å². The van der Waals surface area contributed by atoms with Gasteiger partial charge in [0.1, 0.15) is 5.69 Å². The van der Waals surface area contributed by atoms with Crippen LogP contribution in [0.15, 0.2) is 30.7 Å². The maximum absolute atomic E-state index is 13.2. The number of carbonyl (C=O) groups is 1. The number of carbonyl (C=O) groups excluding carboxylic acids is 1. The number of aromatic nitrogens is 3. The van der Waals surface area contributed by atoms with E-state index in [0.717, 1.165) is 55.0 Å². The van der Waals surface area contributed by atoms with Crippen LogP contribution in [0.4, 0.5) is 5.13 Å². The molecular weight excluding hydrogens is 410 g/mol. The molecule has 0 radical (unpaired) electrons. The van der Waals surface area contributed by atoms with Crippen molar-refractivity contribution in [2.75, 3.05) is 44.3 Å². The third-order valence-electron chi connectivity index (χ3n) is 4.90. The highest BCUT2D eigenvalue weighted by atomic mass is 35.5. The molecule has 1 aromatic carbocycles. The molecule has 2 aromatic heterocycles. The number of nitrogens with zero attached hydrogens (tertiary/aromatic N) is 5. The van der Waals surface area contributed by atoms with Gasteiger partial charge < -0.3 is 4.74 Å². The Hall–Kier alpha value is -2.13. The number of morpholine rings is 1. The molecule has 29 heavy (non-hydrogen) atoms. The predicted octanol–water partition coefficient (Wildman–Crippen LogP) is 3.42. The Morgan fingerprint density at radius 1 is 1.31 bits per heavy atom. The number of hydrogen-bond acceptors (Lipinski definition) is 7. The van der Waals surface area contributed by atoms with E-state index in [4.69, 9.17) is 21.3 Å². The minimum atomic E-state index is -0.201. The molecule has 1 saturated heterocycles. The first-order chi connectivity index (χ1) is 14.1. The van der Waals surface area contributed by atoms with Crippen molar-refractivity contribution in [1.29, 1.82) is 0 Å². The fourth-order valence-corrected chi connectivity index (χ4v) is 4.66. The lowest BCUT2D eigenvalue weighted by Crippen LogP contribution is -2.39. The molecule has 9 heteroatoms. The normalized spacial score (nSPS) is 15.0. The van der Waals surface area contributed by atoms with Crippen LogP contribution in [-0.2, 0) is 4.74 Å². The third kappa shape index (κ3) is 4.56. The van der Waals surface area contributed by atoms with Crippen molar-refractivity contribution in [3.63, 3.8) is 0 Å². The minimum absolute atomic E-state index is 0.201. The molecule has 3 aromatic rings. The number of hydrogen-bond donors (Lipinski definition) is 0. The van der Waals surface area contributed by atoms with Crippen LogP contribution in [-0.4, -0.2) is 65.2 Å². The number of aryl methyl sites for hydroxylation is 1. The highest BCUT2D eigenvalue weighted by Gasteiger charge is 2.24. The zero-order chi connectivity index (χ0) is 20.2. The number of ether oxygens (including phenoxy) is 1. The van der Waals surface area contributed by atoms with Crippen LogP contribution in [0.3, 0.4) is 0 Å². The Balaban J connectivity index is 1.60. The van der Waals surface area contributed by atoms with E-state index >= 15 is 0 Å². The van der Waals surface area contributed by atoms with Crippen molar-refractivity contribution in [3.8, 4) is 0 Å². The summed E-state index contributed by atoms with van der Waals surface area (Å²) < 4.78 is 6.30. The fourth-order valence-electron chi connectivity index (χ4n) is 3.32. The van der Waals surface area contributed by atoms with Gasteiger partial charge in [-0.15, -0.1) is 0 Å². The van der Waals surface area contributed by atoms with Gasteiger partial charge in [-0.1, -0.05) is 29.0 Å². The van der Waals surface area contributed by atoms with Gasteiger partial charge >= 0.3 is 0 Å². The van der Waals surface area contributed by atoms with Gasteiger partial charge in [0.25, 0.3) is 5.91 Å². The standard InChI is InChI=1S/C20H22ClN5O2S/c1-14-3-4-15(21)18-17(14)24-20(29-18)26(19(27)16-13-22-5-6-23-16)8-2-7-25-9-11-28-12-10-25/h3-6,13H,2,7-12H2,1H3. The van der Waals surface area contributed by atoms with Gasteiger partial charge in [0.2, 0.25) is 0 Å². The molecule has 1 aliphatic rings. The van der Waals surface area contributed by atoms with E-state index in [1.807, 2.05) is 19.1 Å². The van der Waals surface area contributed by atoms with E-state index in [9.17, 15) is 4.79 Å². The maximum atomic E-state index is 13.2. The zero-order valence-corrected chi connectivity index (χ0v) is 17.7. The molecule has 1 amide bonds. The molecule has 0 aliphatic carbocycles. The topological polar surface area (TPSA) is 71.5 Å². The zero-order valence-electron chi connectivity index (χ0n) is 16.2. The van der Waals surface area contributed by atoms with Crippen molar-refractivity contribution in [1.82, 2.24) is 19.9 Å². The summed E-state index contributed by atoms with van der Waals surface area (Å²) in [7, 11) is 0. The lowest BCUT2D eigenvalue weighted by atomic mass is 10.2. The number of halogens is 1. The predicted molar refractivity (Wildman–Crippen MR) is 115 cm³/mol. The van der Waals surface area contributed by atoms with Crippen LogP contribution < -0.4 is 4.90 Å². The van der Waals surface area contributed by atoms with E-state index in [0.29, 0.717) is 22.4 Å². The van der Waals surface area contributed by atoms with E-state index in [2.05, 4.69) is 14.9 Å². The lowest BCUT2D eigenvalue weighted by molar-refractivity contribution is 0.0376. The van der Waals surface area contributed by atoms with Crippen molar-refractivity contribution >= 4 is 44.2 Å². The summed E-state index contributed by atoms with van der Waals surface area (Å²) in [6.07, 6.45) is 5.40. The first-order valence-corrected chi connectivity index (χ1v) is 10.8. The first-order valence-electron chi connectivity index (χ1n) is 9.57. The number of amides is 1. The summed E-state index contributed by atoms with van der Waals surface area (Å²) in [5, 5.41) is 1.28. The van der Waals surface area contributed by atoms with Crippen LogP contribution in [0.25, 0.3) is 10.2 Å². The molecule has 7 nitrogen and oxygen atoms in total. The summed E-state index contributed by atoms with van der Waals surface area (Å²) >= 11 is 7.81. The molecule has 0 N–H and O–H groups in total. The van der Waals surface area contributed by atoms with Gasteiger partial charge in [-0.2, -0.15) is 0 Å². The van der Waals surface area contributed by atoms with Gasteiger partial charge in [-0.3, -0.25) is 19.6 Å². The molecule has 1 fully saturated rings. The maximum Gasteiger partial charge on any atom is 0.280 e. The van der Waals surface area contributed by atoms with Gasteiger partial charge in [-0.05, 0) is 25.0 Å². The van der Waals surface area contributed by atoms with Gasteiger partial charge in [0.15, 0.2) is 5.13 Å². The summed E-state index contributed by atoms with van der Waals surface area (Å²) in [6, 6.07) is 3.82. The van der Waals surface area contributed by atoms with Gasteiger partial charge in [-0.25, -0.2) is 9.97 Å². The second kappa shape index (κ2) is 9.13. The van der Waals surface area contributed by atoms with Crippen LogP contribution in [0, 0.1) is 6.92 Å². The van der Waals surface area contributed by atoms with E-state index in [1.165, 1.54) is 23.7 Å². The average molecular weight is 432 g/mol. The highest BCUT2D eigenvalue weighted by molar-refractivity contribution is 7.23. The average Bonchev–Trinajstić information content (AvgIpc) is 3.21. The van der Waals surface area contributed by atoms with E-state index < -0.39 is 0 Å². The Kier molecular flexibility index (Phi) is 6.34. The van der Waals surface area contributed by atoms with Crippen LogP contribution >= 0.6 is 22.9 Å². The number of rotatable bonds is 6. The van der Waals surface area contributed by atoms with Crippen molar-refractivity contribution < 1.29 is 9.53 Å². The quantitative estimate of drug-likeness (QED) is 0.595. The number of anilines is 1. The number of thiazole rings is 1. The van der Waals surface area contributed by atoms with Crippen molar-refractivity contribution in [3.05, 3.63) is 47.0 Å². The van der Waals surface area contributed by atoms with Crippen LogP contribution in [0.1, 0.15) is 22.5 Å². The lowest BCUT2D eigenvalue weighted by Gasteiger charge is -2.27. The molecule has 0 spiro atoms. The SMILES string of the molecule is Cc1ccc(Cl)c2sc(N(CCCN3CCOCC3)C(=O)c3cnccn3)nc12. The molecule has 4 rings (SSSR count). The largest absolute Gasteiger partial charge is 0.379 e. The fraction of sp³-hybridized carbons (Fsp3) is 0.400. The highest BCUT2D eigenvalue weighted by Crippen LogP contribution is 2.36. The number of benzene rings is 1. The van der Waals surface area contributed by atoms with E-state index in [-0.39, 0.29) is 5.91 Å². The Morgan fingerprint density at radius 2 is 2.14 bits per heavy atom. The van der Waals surface area contributed by atoms with Crippen molar-refractivity contribution in [2.24, 2.45) is 0 Å². The summed E-state index contributed by atoms with van der Waals surface area (Å²) in [5.74, 6) is -0.201. The summed E-state index contributed by atoms with van der Waals surface area (Å²) in [6.45, 7) is 6.81. The summed E-state index contributed by atoms with van der Waals surface area (Å²) in [4.78, 5) is 30.2. The molecule has 0 saturated carbocycles. The molecule has 0 atom stereocenters. The second-order valence-electron chi connectivity index (χ2n) is 6.89. The molecule has 0 bridgehead atoms. The Morgan fingerprint density at radius 3 is 2.86 bits per heavy atom. The molecule has 3 heterocycles. The van der Waals surface area contributed by atoms with Gasteiger partial charge in [0.05, 0.1) is 34.6 Å². The monoisotopic (exact) mass is 431 g/mol. The molecule has 152 valence electrons. The minimum Gasteiger partial charge on any atom is -0.379 e. The van der Waals surface area contributed by atoms with Crippen LogP contribution in [0.5, 0.6) is 0 Å². The Bertz CT molecular complexity index is 952. The Labute approximate surface area is 178 Å². The third-order valence-corrected chi connectivity index (χ3v) is 6.44. The second-order valence-corrected chi connectivity index (χ2v) is 8.28. The number of fused-ring (bicyclic) bond motifs is 1. The van der Waals surface area contributed by atoms with Crippen molar-refractivity contribution in [2.45, 2.75) is 13.3 Å². The summed E-state index contributed by atoms with van der Waals surface area (Å²) in [5.41, 5.74) is 2.18.